The zero-order chi connectivity index (χ0) is 24.8. The SMILES string of the molecule is CC(C)CCNC(=O)c1cn(CC(C)C)cc(C(=O)N2CCN(c3ccccc3O)CC2)c1=O. The Morgan fingerprint density at radius 2 is 1.62 bits per heavy atom. The summed E-state index contributed by atoms with van der Waals surface area (Å²) in [5, 5.41) is 12.9. The molecular weight excluding hydrogens is 432 g/mol. The number of phenolic OH excluding ortho intramolecular Hbond substituents is 1. The highest BCUT2D eigenvalue weighted by atomic mass is 16.3. The van der Waals surface area contributed by atoms with E-state index in [4.69, 9.17) is 0 Å². The molecule has 1 saturated heterocycles. The number of piperazine rings is 1. The fourth-order valence-electron chi connectivity index (χ4n) is 4.09. The number of nitrogens with one attached hydrogen (secondary N) is 1. The molecule has 0 saturated carbocycles. The van der Waals surface area contributed by atoms with Gasteiger partial charge in [0.1, 0.15) is 16.9 Å². The van der Waals surface area contributed by atoms with Crippen molar-refractivity contribution in [1.29, 1.82) is 0 Å². The number of pyridine rings is 1. The molecule has 8 heteroatoms. The van der Waals surface area contributed by atoms with Crippen LogP contribution in [0, 0.1) is 11.8 Å². The molecule has 3 rings (SSSR count). The number of hydrogen-bond acceptors (Lipinski definition) is 5. The van der Waals surface area contributed by atoms with Crippen LogP contribution in [-0.2, 0) is 6.54 Å². The summed E-state index contributed by atoms with van der Waals surface area (Å²) in [5.41, 5.74) is 0.223. The van der Waals surface area contributed by atoms with Crippen LogP contribution in [0.15, 0.2) is 41.5 Å². The van der Waals surface area contributed by atoms with E-state index in [2.05, 4.69) is 19.2 Å². The lowest BCUT2D eigenvalue weighted by Crippen LogP contribution is -2.50. The molecular formula is C26H36N4O4. The largest absolute Gasteiger partial charge is 0.506 e. The number of rotatable bonds is 8. The van der Waals surface area contributed by atoms with Crippen LogP contribution >= 0.6 is 0 Å². The molecule has 2 heterocycles. The maximum Gasteiger partial charge on any atom is 0.259 e. The van der Waals surface area contributed by atoms with Gasteiger partial charge in [-0.1, -0.05) is 39.8 Å². The lowest BCUT2D eigenvalue weighted by molar-refractivity contribution is 0.0744. The molecule has 1 fully saturated rings. The number of aromatic nitrogens is 1. The van der Waals surface area contributed by atoms with Gasteiger partial charge in [-0.2, -0.15) is 0 Å². The van der Waals surface area contributed by atoms with E-state index >= 15 is 0 Å². The molecule has 0 spiro atoms. The molecule has 1 aliphatic heterocycles. The first-order chi connectivity index (χ1) is 16.2. The Hall–Kier alpha value is -3.29. The molecule has 0 bridgehead atoms. The number of phenols is 1. The summed E-state index contributed by atoms with van der Waals surface area (Å²) < 4.78 is 1.77. The van der Waals surface area contributed by atoms with Crippen molar-refractivity contribution in [2.75, 3.05) is 37.6 Å². The molecule has 0 radical (unpaired) electrons. The van der Waals surface area contributed by atoms with E-state index in [0.29, 0.717) is 45.2 Å². The number of aromatic hydroxyl groups is 1. The Kier molecular flexibility index (Phi) is 8.36. The second-order valence-electron chi connectivity index (χ2n) is 9.71. The maximum absolute atomic E-state index is 13.4. The first-order valence-electron chi connectivity index (χ1n) is 12.0. The predicted molar refractivity (Wildman–Crippen MR) is 134 cm³/mol. The van der Waals surface area contributed by atoms with Gasteiger partial charge >= 0.3 is 0 Å². The fourth-order valence-corrected chi connectivity index (χ4v) is 4.09. The van der Waals surface area contributed by atoms with Crippen molar-refractivity contribution >= 4 is 17.5 Å². The first kappa shape index (κ1) is 25.3. The van der Waals surface area contributed by atoms with Gasteiger partial charge in [-0.05, 0) is 30.4 Å². The molecule has 1 aromatic carbocycles. The molecule has 0 atom stereocenters. The van der Waals surface area contributed by atoms with E-state index in [1.54, 1.807) is 34.0 Å². The van der Waals surface area contributed by atoms with E-state index in [1.165, 1.54) is 0 Å². The third kappa shape index (κ3) is 6.18. The number of carbonyl (C=O) groups excluding carboxylic acids is 2. The molecule has 2 aromatic rings. The number of hydrogen-bond donors (Lipinski definition) is 2. The summed E-state index contributed by atoms with van der Waals surface area (Å²) in [5.74, 6) is 0.111. The van der Waals surface area contributed by atoms with Crippen molar-refractivity contribution in [2.45, 2.75) is 40.7 Å². The van der Waals surface area contributed by atoms with Crippen molar-refractivity contribution in [3.8, 4) is 5.75 Å². The van der Waals surface area contributed by atoms with Crippen LogP contribution in [0.25, 0.3) is 0 Å². The Morgan fingerprint density at radius 1 is 0.971 bits per heavy atom. The average molecular weight is 469 g/mol. The van der Waals surface area contributed by atoms with Crippen molar-refractivity contribution in [3.05, 3.63) is 58.0 Å². The third-order valence-corrected chi connectivity index (χ3v) is 5.93. The smallest absolute Gasteiger partial charge is 0.259 e. The van der Waals surface area contributed by atoms with Crippen LogP contribution in [-0.4, -0.2) is 59.1 Å². The van der Waals surface area contributed by atoms with Crippen LogP contribution < -0.4 is 15.6 Å². The van der Waals surface area contributed by atoms with Gasteiger partial charge in [0.05, 0.1) is 5.69 Å². The van der Waals surface area contributed by atoms with Gasteiger partial charge in [0.25, 0.3) is 11.8 Å². The number of anilines is 1. The highest BCUT2D eigenvalue weighted by Gasteiger charge is 2.27. The van der Waals surface area contributed by atoms with Crippen LogP contribution in [0.3, 0.4) is 0 Å². The summed E-state index contributed by atoms with van der Waals surface area (Å²) in [6.07, 6.45) is 3.94. The molecule has 2 amide bonds. The fraction of sp³-hybridized carbons (Fsp3) is 0.500. The molecule has 34 heavy (non-hydrogen) atoms. The normalized spacial score (nSPS) is 14.1. The van der Waals surface area contributed by atoms with E-state index in [-0.39, 0.29) is 28.7 Å². The van der Waals surface area contributed by atoms with Gasteiger partial charge in [0, 0.05) is 51.7 Å². The third-order valence-electron chi connectivity index (χ3n) is 5.93. The van der Waals surface area contributed by atoms with Gasteiger partial charge in [-0.15, -0.1) is 0 Å². The van der Waals surface area contributed by atoms with Gasteiger partial charge in [0.15, 0.2) is 0 Å². The number of nitrogens with zero attached hydrogens (tertiary/aromatic N) is 3. The molecule has 0 unspecified atom stereocenters. The van der Waals surface area contributed by atoms with E-state index in [1.807, 2.05) is 30.9 Å². The zero-order valence-electron chi connectivity index (χ0n) is 20.6. The number of benzene rings is 1. The van der Waals surface area contributed by atoms with E-state index in [0.717, 1.165) is 12.1 Å². The number of amides is 2. The van der Waals surface area contributed by atoms with Gasteiger partial charge in [-0.3, -0.25) is 14.4 Å². The molecule has 184 valence electrons. The Labute approximate surface area is 201 Å². The highest BCUT2D eigenvalue weighted by Crippen LogP contribution is 2.27. The predicted octanol–water partition coefficient (Wildman–Crippen LogP) is 2.95. The minimum atomic E-state index is -0.532. The van der Waals surface area contributed by atoms with Crippen LogP contribution in [0.2, 0.25) is 0 Å². The van der Waals surface area contributed by atoms with Crippen molar-refractivity contribution in [3.63, 3.8) is 0 Å². The van der Waals surface area contributed by atoms with E-state index < -0.39 is 11.3 Å². The topological polar surface area (TPSA) is 94.9 Å². The summed E-state index contributed by atoms with van der Waals surface area (Å²) in [6, 6.07) is 7.12. The van der Waals surface area contributed by atoms with Crippen LogP contribution in [0.5, 0.6) is 5.75 Å². The van der Waals surface area contributed by atoms with E-state index in [9.17, 15) is 19.5 Å². The van der Waals surface area contributed by atoms with Crippen LogP contribution in [0.1, 0.15) is 54.8 Å². The van der Waals surface area contributed by atoms with Gasteiger partial charge < -0.3 is 24.8 Å². The lowest BCUT2D eigenvalue weighted by Gasteiger charge is -2.36. The monoisotopic (exact) mass is 468 g/mol. The second kappa shape index (κ2) is 11.2. The Balaban J connectivity index is 1.80. The van der Waals surface area contributed by atoms with Gasteiger partial charge in [-0.25, -0.2) is 0 Å². The first-order valence-corrected chi connectivity index (χ1v) is 12.0. The average Bonchev–Trinajstić information content (AvgIpc) is 2.79. The minimum Gasteiger partial charge on any atom is -0.506 e. The Morgan fingerprint density at radius 3 is 2.24 bits per heavy atom. The zero-order valence-corrected chi connectivity index (χ0v) is 20.6. The standard InChI is InChI=1S/C26H36N4O4/c1-18(2)9-10-27-25(33)20-16-28(15-19(3)4)17-21(24(20)32)26(34)30-13-11-29(12-14-30)22-7-5-6-8-23(22)31/h5-8,16-19,31H,9-15H2,1-4H3,(H,27,33). The summed E-state index contributed by atoms with van der Waals surface area (Å²) in [4.78, 5) is 43.0. The summed E-state index contributed by atoms with van der Waals surface area (Å²) >= 11 is 0. The van der Waals surface area contributed by atoms with Crippen molar-refractivity contribution < 1.29 is 14.7 Å². The maximum atomic E-state index is 13.4. The second-order valence-corrected chi connectivity index (χ2v) is 9.71. The summed E-state index contributed by atoms with van der Waals surface area (Å²) in [6.45, 7) is 11.2. The molecule has 2 N–H and O–H groups in total. The Bertz CT molecular complexity index is 1070. The number of carbonyl (C=O) groups is 2. The summed E-state index contributed by atoms with van der Waals surface area (Å²) in [7, 11) is 0. The number of para-hydroxylation sites is 2. The van der Waals surface area contributed by atoms with Crippen molar-refractivity contribution in [2.24, 2.45) is 11.8 Å². The highest BCUT2D eigenvalue weighted by molar-refractivity contribution is 5.99. The lowest BCUT2D eigenvalue weighted by atomic mass is 10.1. The van der Waals surface area contributed by atoms with Crippen molar-refractivity contribution in [1.82, 2.24) is 14.8 Å². The molecule has 1 aromatic heterocycles. The van der Waals surface area contributed by atoms with Gasteiger partial charge in [0.2, 0.25) is 5.43 Å². The van der Waals surface area contributed by atoms with Crippen LogP contribution in [0.4, 0.5) is 5.69 Å². The molecule has 1 aliphatic rings. The molecule has 8 nitrogen and oxygen atoms in total. The minimum absolute atomic E-state index is 0.00287. The quantitative estimate of drug-likeness (QED) is 0.621. The molecule has 0 aliphatic carbocycles.